The lowest BCUT2D eigenvalue weighted by atomic mass is 10.1. The number of benzene rings is 2. The fraction of sp³-hybridized carbons (Fsp3) is 0.263. The number of amides is 2. The number of methoxy groups -OCH3 is 1. The quantitative estimate of drug-likeness (QED) is 0.814. The summed E-state index contributed by atoms with van der Waals surface area (Å²) in [5, 5.41) is 3.52. The van der Waals surface area contributed by atoms with Gasteiger partial charge in [-0.15, -0.1) is 0 Å². The lowest BCUT2D eigenvalue weighted by Crippen LogP contribution is -2.35. The highest BCUT2D eigenvalue weighted by Gasteiger charge is 2.23. The maximum absolute atomic E-state index is 12.4. The second-order valence-corrected chi connectivity index (χ2v) is 6.81. The van der Waals surface area contributed by atoms with Gasteiger partial charge in [0.1, 0.15) is 5.75 Å². The number of nitrogens with one attached hydrogen (secondary N) is 1. The van der Waals surface area contributed by atoms with E-state index in [0.29, 0.717) is 40.7 Å². The molecule has 0 radical (unpaired) electrons. The van der Waals surface area contributed by atoms with Crippen LogP contribution in [0.25, 0.3) is 0 Å². The number of carbonyl (C=O) groups excluding carboxylic acids is 2. The summed E-state index contributed by atoms with van der Waals surface area (Å²) >= 11 is 11.9. The Labute approximate surface area is 161 Å². The van der Waals surface area contributed by atoms with E-state index >= 15 is 0 Å². The minimum absolute atomic E-state index is 0.0827. The van der Waals surface area contributed by atoms with Gasteiger partial charge in [0.05, 0.1) is 23.4 Å². The normalized spacial score (nSPS) is 14.3. The molecule has 1 fully saturated rings. The molecule has 7 heteroatoms. The average molecular weight is 393 g/mol. The van der Waals surface area contributed by atoms with Gasteiger partial charge in [0.15, 0.2) is 0 Å². The highest BCUT2D eigenvalue weighted by Crippen LogP contribution is 2.33. The van der Waals surface area contributed by atoms with Crippen LogP contribution in [0.2, 0.25) is 10.0 Å². The molecule has 1 N–H and O–H groups in total. The number of halogens is 2. The van der Waals surface area contributed by atoms with Crippen LogP contribution in [0.15, 0.2) is 36.4 Å². The van der Waals surface area contributed by atoms with Gasteiger partial charge in [-0.2, -0.15) is 0 Å². The summed E-state index contributed by atoms with van der Waals surface area (Å²) in [7, 11) is 1.54. The summed E-state index contributed by atoms with van der Waals surface area (Å²) in [4.78, 5) is 26.3. The van der Waals surface area contributed by atoms with E-state index in [4.69, 9.17) is 27.9 Å². The number of nitrogens with zero attached hydrogens (tertiary/aromatic N) is 1. The molecule has 5 nitrogen and oxygen atoms in total. The van der Waals surface area contributed by atoms with Crippen molar-refractivity contribution >= 4 is 46.4 Å². The molecule has 2 aromatic carbocycles. The predicted octanol–water partition coefficient (Wildman–Crippen LogP) is 4.77. The van der Waals surface area contributed by atoms with E-state index in [1.165, 1.54) is 13.2 Å². The second-order valence-electron chi connectivity index (χ2n) is 5.97. The maximum Gasteiger partial charge on any atom is 0.257 e. The number of carbonyl (C=O) groups is 2. The van der Waals surface area contributed by atoms with Gasteiger partial charge in [0.2, 0.25) is 5.91 Å². The van der Waals surface area contributed by atoms with Crippen LogP contribution in [0.5, 0.6) is 5.75 Å². The van der Waals surface area contributed by atoms with Crippen LogP contribution in [-0.4, -0.2) is 25.5 Å². The highest BCUT2D eigenvalue weighted by atomic mass is 35.5. The molecular weight excluding hydrogens is 375 g/mol. The zero-order chi connectivity index (χ0) is 18.7. The third-order valence-electron chi connectivity index (χ3n) is 4.23. The van der Waals surface area contributed by atoms with Crippen molar-refractivity contribution in [2.75, 3.05) is 23.9 Å². The Hall–Kier alpha value is -2.24. The van der Waals surface area contributed by atoms with E-state index < -0.39 is 0 Å². The Kier molecular flexibility index (Phi) is 5.69. The molecule has 26 heavy (non-hydrogen) atoms. The van der Waals surface area contributed by atoms with Crippen molar-refractivity contribution in [3.63, 3.8) is 0 Å². The molecule has 3 rings (SSSR count). The van der Waals surface area contributed by atoms with Crippen LogP contribution in [0.1, 0.15) is 29.6 Å². The lowest BCUT2D eigenvalue weighted by molar-refractivity contribution is -0.119. The SMILES string of the molecule is COc1cc(NC(=O)c2ccc(Cl)cc2Cl)ccc1N1CCCCC1=O. The average Bonchev–Trinajstić information content (AvgIpc) is 2.62. The molecular formula is C19H18Cl2N2O3. The molecule has 1 saturated heterocycles. The van der Waals surface area contributed by atoms with E-state index in [1.807, 2.05) is 0 Å². The molecule has 1 aliphatic rings. The number of anilines is 2. The molecule has 2 aromatic rings. The van der Waals surface area contributed by atoms with Crippen molar-refractivity contribution in [3.05, 3.63) is 52.0 Å². The molecule has 1 heterocycles. The minimum Gasteiger partial charge on any atom is -0.494 e. The summed E-state index contributed by atoms with van der Waals surface area (Å²) in [6.07, 6.45) is 2.41. The first-order valence-corrected chi connectivity index (χ1v) is 9.00. The van der Waals surface area contributed by atoms with Crippen LogP contribution in [-0.2, 0) is 4.79 Å². The monoisotopic (exact) mass is 392 g/mol. The second kappa shape index (κ2) is 7.98. The summed E-state index contributed by atoms with van der Waals surface area (Å²) in [6.45, 7) is 0.668. The van der Waals surface area contributed by atoms with Crippen LogP contribution >= 0.6 is 23.2 Å². The van der Waals surface area contributed by atoms with Gasteiger partial charge in [-0.25, -0.2) is 0 Å². The summed E-state index contributed by atoms with van der Waals surface area (Å²) in [6, 6.07) is 9.90. The Morgan fingerprint density at radius 3 is 2.65 bits per heavy atom. The fourth-order valence-corrected chi connectivity index (χ4v) is 3.41. The van der Waals surface area contributed by atoms with Crippen LogP contribution in [0, 0.1) is 0 Å². The zero-order valence-electron chi connectivity index (χ0n) is 14.2. The molecule has 136 valence electrons. The first-order valence-electron chi connectivity index (χ1n) is 8.24. The number of hydrogen-bond donors (Lipinski definition) is 1. The van der Waals surface area contributed by atoms with E-state index in [2.05, 4.69) is 5.32 Å². The standard InChI is InChI=1S/C19H18Cl2N2O3/c1-26-17-11-13(6-8-16(17)23-9-3-2-4-18(23)24)22-19(25)14-7-5-12(20)10-15(14)21/h5-8,10-11H,2-4,9H2,1H3,(H,22,25). The third kappa shape index (κ3) is 3.94. The minimum atomic E-state index is -0.351. The van der Waals surface area contributed by atoms with Crippen molar-refractivity contribution in [2.24, 2.45) is 0 Å². The van der Waals surface area contributed by atoms with Gasteiger partial charge in [-0.3, -0.25) is 9.59 Å². The summed E-state index contributed by atoms with van der Waals surface area (Å²) in [5.41, 5.74) is 1.58. The van der Waals surface area contributed by atoms with Crippen LogP contribution in [0.4, 0.5) is 11.4 Å². The largest absolute Gasteiger partial charge is 0.494 e. The molecule has 1 aliphatic heterocycles. The van der Waals surface area contributed by atoms with E-state index in [1.54, 1.807) is 35.2 Å². The molecule has 2 amide bonds. The summed E-state index contributed by atoms with van der Waals surface area (Å²) in [5.74, 6) is 0.259. The van der Waals surface area contributed by atoms with E-state index in [9.17, 15) is 9.59 Å². The number of rotatable bonds is 4. The van der Waals surface area contributed by atoms with Gasteiger partial charge in [0.25, 0.3) is 5.91 Å². The highest BCUT2D eigenvalue weighted by molar-refractivity contribution is 6.37. The summed E-state index contributed by atoms with van der Waals surface area (Å²) < 4.78 is 5.43. The van der Waals surface area contributed by atoms with Gasteiger partial charge in [-0.1, -0.05) is 23.2 Å². The molecule has 0 atom stereocenters. The number of piperidine rings is 1. The number of ether oxygens (including phenoxy) is 1. The van der Waals surface area contributed by atoms with Crippen molar-refractivity contribution in [1.29, 1.82) is 0 Å². The molecule has 0 aromatic heterocycles. The fourth-order valence-electron chi connectivity index (χ4n) is 2.91. The van der Waals surface area contributed by atoms with Gasteiger partial charge in [0, 0.05) is 29.7 Å². The molecule has 0 unspecified atom stereocenters. The zero-order valence-corrected chi connectivity index (χ0v) is 15.7. The Bertz CT molecular complexity index is 855. The third-order valence-corrected chi connectivity index (χ3v) is 4.78. The van der Waals surface area contributed by atoms with Crippen LogP contribution < -0.4 is 15.0 Å². The molecule has 0 spiro atoms. The van der Waals surface area contributed by atoms with E-state index in [-0.39, 0.29) is 16.8 Å². The Balaban J connectivity index is 1.83. The number of hydrogen-bond acceptors (Lipinski definition) is 3. The van der Waals surface area contributed by atoms with Gasteiger partial charge >= 0.3 is 0 Å². The van der Waals surface area contributed by atoms with Crippen molar-refractivity contribution in [2.45, 2.75) is 19.3 Å². The van der Waals surface area contributed by atoms with Crippen LogP contribution in [0.3, 0.4) is 0 Å². The first kappa shape index (κ1) is 18.5. The Morgan fingerprint density at radius 1 is 1.15 bits per heavy atom. The molecule has 0 saturated carbocycles. The van der Waals surface area contributed by atoms with Gasteiger partial charge in [-0.05, 0) is 43.2 Å². The Morgan fingerprint density at radius 2 is 1.96 bits per heavy atom. The van der Waals surface area contributed by atoms with Crippen molar-refractivity contribution in [3.8, 4) is 5.75 Å². The predicted molar refractivity (Wildman–Crippen MR) is 104 cm³/mol. The molecule has 0 bridgehead atoms. The molecule has 0 aliphatic carbocycles. The van der Waals surface area contributed by atoms with Crippen molar-refractivity contribution in [1.82, 2.24) is 0 Å². The van der Waals surface area contributed by atoms with Crippen molar-refractivity contribution < 1.29 is 14.3 Å². The van der Waals surface area contributed by atoms with E-state index in [0.717, 1.165) is 12.8 Å². The van der Waals surface area contributed by atoms with Gasteiger partial charge < -0.3 is 15.0 Å². The maximum atomic E-state index is 12.4. The first-order chi connectivity index (χ1) is 12.5. The smallest absolute Gasteiger partial charge is 0.257 e. The topological polar surface area (TPSA) is 58.6 Å². The lowest BCUT2D eigenvalue weighted by Gasteiger charge is -2.28.